The zero-order valence-electron chi connectivity index (χ0n) is 7.35. The average Bonchev–Trinajstić information content (AvgIpc) is 2.70. The van der Waals surface area contributed by atoms with Crippen molar-refractivity contribution in [3.8, 4) is 0 Å². The minimum Gasteiger partial charge on any atom is -0.326 e. The third-order valence-electron chi connectivity index (χ3n) is 2.09. The van der Waals surface area contributed by atoms with E-state index in [-0.39, 0.29) is 10.9 Å². The molecule has 2 heteroatoms. The minimum absolute atomic E-state index is 0.208. The van der Waals surface area contributed by atoms with Gasteiger partial charge in [0.2, 0.25) is 0 Å². The summed E-state index contributed by atoms with van der Waals surface area (Å²) in [6.45, 7) is 0.636. The second-order valence-electron chi connectivity index (χ2n) is 2.92. The fourth-order valence-electron chi connectivity index (χ4n) is 1.43. The summed E-state index contributed by atoms with van der Waals surface area (Å²) in [5, 5.41) is 4.51. The van der Waals surface area contributed by atoms with E-state index in [0.29, 0.717) is 6.54 Å². The van der Waals surface area contributed by atoms with Gasteiger partial charge in [0.05, 0.1) is 0 Å². The molecule has 0 bridgehead atoms. The highest BCUT2D eigenvalue weighted by Gasteiger charge is 2.06. The Balaban J connectivity index is 2.38. The molecular weight excluding hydrogens is 178 g/mol. The third kappa shape index (κ3) is 1.69. The van der Waals surface area contributed by atoms with Crippen LogP contribution in [0.15, 0.2) is 52.1 Å². The predicted octanol–water partition coefficient (Wildman–Crippen LogP) is 2.55. The molecule has 0 fully saturated rings. The summed E-state index contributed by atoms with van der Waals surface area (Å²) >= 11 is 0. The molecule has 0 amide bonds. The van der Waals surface area contributed by atoms with Crippen molar-refractivity contribution >= 4 is 10.9 Å². The Morgan fingerprint density at radius 3 is 2.46 bits per heavy atom. The molecule has 13 heavy (non-hydrogen) atoms. The summed E-state index contributed by atoms with van der Waals surface area (Å²) in [6.07, 6.45) is 4.22. The SMILES string of the molecule is NCc1ccccc1[SH]1C=CC=C1. The van der Waals surface area contributed by atoms with Crippen molar-refractivity contribution < 1.29 is 0 Å². The molecule has 2 N–H and O–H groups in total. The second-order valence-corrected chi connectivity index (χ2v) is 4.82. The molecule has 68 valence electrons. The van der Waals surface area contributed by atoms with Gasteiger partial charge in [-0.1, -0.05) is 30.4 Å². The highest BCUT2D eigenvalue weighted by Crippen LogP contribution is 2.43. The smallest absolute Gasteiger partial charge is 0.0188 e. The van der Waals surface area contributed by atoms with Crippen LogP contribution in [0, 0.1) is 0 Å². The normalized spacial score (nSPS) is 16.8. The van der Waals surface area contributed by atoms with Crippen molar-refractivity contribution in [3.05, 3.63) is 52.8 Å². The van der Waals surface area contributed by atoms with Gasteiger partial charge >= 0.3 is 0 Å². The van der Waals surface area contributed by atoms with E-state index >= 15 is 0 Å². The maximum Gasteiger partial charge on any atom is 0.0188 e. The van der Waals surface area contributed by atoms with Crippen LogP contribution in [-0.4, -0.2) is 0 Å². The predicted molar refractivity (Wildman–Crippen MR) is 59.9 cm³/mol. The highest BCUT2D eigenvalue weighted by molar-refractivity contribution is 8.22. The Bertz CT molecular complexity index is 343. The molecule has 0 saturated carbocycles. The molecule has 1 aromatic carbocycles. The molecule has 1 aliphatic rings. The number of thiol groups is 1. The van der Waals surface area contributed by atoms with E-state index < -0.39 is 0 Å². The Morgan fingerprint density at radius 2 is 1.77 bits per heavy atom. The molecule has 1 nitrogen and oxygen atoms in total. The van der Waals surface area contributed by atoms with E-state index in [9.17, 15) is 0 Å². The lowest BCUT2D eigenvalue weighted by Crippen LogP contribution is -1.98. The average molecular weight is 191 g/mol. The molecule has 0 aromatic heterocycles. The highest BCUT2D eigenvalue weighted by atomic mass is 32.2. The molecule has 1 heterocycles. The van der Waals surface area contributed by atoms with E-state index in [1.54, 1.807) is 0 Å². The zero-order valence-corrected chi connectivity index (χ0v) is 8.24. The van der Waals surface area contributed by atoms with Crippen molar-refractivity contribution in [1.29, 1.82) is 0 Å². The standard InChI is InChI=1S/C11H13NS/c12-9-10-5-1-2-6-11(10)13-7-3-4-8-13/h1-8,13H,9,12H2. The van der Waals surface area contributed by atoms with Crippen molar-refractivity contribution in [2.75, 3.05) is 0 Å². The van der Waals surface area contributed by atoms with Crippen LogP contribution in [0.4, 0.5) is 0 Å². The molecule has 0 spiro atoms. The summed E-state index contributed by atoms with van der Waals surface area (Å²) in [4.78, 5) is 1.39. The van der Waals surface area contributed by atoms with E-state index in [4.69, 9.17) is 5.73 Å². The van der Waals surface area contributed by atoms with Crippen LogP contribution in [-0.2, 0) is 6.54 Å². The van der Waals surface area contributed by atoms with Crippen molar-refractivity contribution in [2.24, 2.45) is 5.73 Å². The minimum atomic E-state index is -0.208. The lowest BCUT2D eigenvalue weighted by molar-refractivity contribution is 1.03. The topological polar surface area (TPSA) is 26.0 Å². The maximum atomic E-state index is 5.68. The van der Waals surface area contributed by atoms with Gasteiger partial charge in [0.25, 0.3) is 0 Å². The van der Waals surface area contributed by atoms with E-state index in [2.05, 4.69) is 41.2 Å². The first kappa shape index (κ1) is 8.60. The third-order valence-corrected chi connectivity index (χ3v) is 4.07. The van der Waals surface area contributed by atoms with Gasteiger partial charge in [0.1, 0.15) is 0 Å². The maximum absolute atomic E-state index is 5.68. The van der Waals surface area contributed by atoms with E-state index in [0.717, 1.165) is 0 Å². The quantitative estimate of drug-likeness (QED) is 0.690. The van der Waals surface area contributed by atoms with Crippen LogP contribution in [0.25, 0.3) is 0 Å². The van der Waals surface area contributed by atoms with Gasteiger partial charge in [-0.25, -0.2) is 0 Å². The van der Waals surface area contributed by atoms with Crippen LogP contribution in [0.2, 0.25) is 0 Å². The molecule has 0 unspecified atom stereocenters. The number of allylic oxidation sites excluding steroid dienone is 2. The van der Waals surface area contributed by atoms with Gasteiger partial charge in [-0.3, -0.25) is 0 Å². The molecule has 0 radical (unpaired) electrons. The fraction of sp³-hybridized carbons (Fsp3) is 0.0909. The van der Waals surface area contributed by atoms with Crippen molar-refractivity contribution in [1.82, 2.24) is 0 Å². The van der Waals surface area contributed by atoms with E-state index in [1.807, 2.05) is 6.07 Å². The first-order valence-corrected chi connectivity index (χ1v) is 5.81. The lowest BCUT2D eigenvalue weighted by Gasteiger charge is -2.14. The molecule has 1 aliphatic heterocycles. The van der Waals surface area contributed by atoms with Gasteiger partial charge in [0, 0.05) is 6.54 Å². The summed E-state index contributed by atoms with van der Waals surface area (Å²) in [5.74, 6) is 0. The Hall–Kier alpha value is -0.990. The number of hydrogen-bond donors (Lipinski definition) is 2. The second kappa shape index (κ2) is 3.81. The van der Waals surface area contributed by atoms with Gasteiger partial charge in [0.15, 0.2) is 0 Å². The monoisotopic (exact) mass is 191 g/mol. The molecule has 1 aromatic rings. The first-order chi connectivity index (χ1) is 6.42. The van der Waals surface area contributed by atoms with Gasteiger partial charge in [-0.2, -0.15) is 10.9 Å². The van der Waals surface area contributed by atoms with Crippen molar-refractivity contribution in [2.45, 2.75) is 11.4 Å². The lowest BCUT2D eigenvalue weighted by atomic mass is 10.2. The molecule has 2 rings (SSSR count). The summed E-state index contributed by atoms with van der Waals surface area (Å²) in [7, 11) is -0.208. The number of benzene rings is 1. The Labute approximate surface area is 81.3 Å². The number of nitrogens with two attached hydrogens (primary N) is 1. The van der Waals surface area contributed by atoms with Crippen LogP contribution in [0.5, 0.6) is 0 Å². The Kier molecular flexibility index (Phi) is 2.52. The van der Waals surface area contributed by atoms with Gasteiger partial charge < -0.3 is 5.73 Å². The van der Waals surface area contributed by atoms with Crippen LogP contribution >= 0.6 is 10.9 Å². The fourth-order valence-corrected chi connectivity index (χ4v) is 3.18. The molecule has 0 atom stereocenters. The Morgan fingerprint density at radius 1 is 1.08 bits per heavy atom. The zero-order chi connectivity index (χ0) is 9.10. The summed E-state index contributed by atoms with van der Waals surface area (Å²) < 4.78 is 0. The van der Waals surface area contributed by atoms with E-state index in [1.165, 1.54) is 10.5 Å². The van der Waals surface area contributed by atoms with Crippen LogP contribution < -0.4 is 5.73 Å². The van der Waals surface area contributed by atoms with Gasteiger partial charge in [-0.05, 0) is 27.3 Å². The largest absolute Gasteiger partial charge is 0.326 e. The summed E-state index contributed by atoms with van der Waals surface area (Å²) in [5.41, 5.74) is 6.95. The van der Waals surface area contributed by atoms with Gasteiger partial charge in [-0.15, -0.1) is 0 Å². The summed E-state index contributed by atoms with van der Waals surface area (Å²) in [6, 6.07) is 8.41. The molecular formula is C11H13NS. The number of hydrogen-bond acceptors (Lipinski definition) is 1. The molecule has 0 saturated heterocycles. The van der Waals surface area contributed by atoms with Crippen LogP contribution in [0.3, 0.4) is 0 Å². The first-order valence-electron chi connectivity index (χ1n) is 4.33. The number of rotatable bonds is 2. The van der Waals surface area contributed by atoms with Crippen LogP contribution in [0.1, 0.15) is 5.56 Å². The van der Waals surface area contributed by atoms with Crippen molar-refractivity contribution in [3.63, 3.8) is 0 Å². The molecule has 0 aliphatic carbocycles.